The van der Waals surface area contributed by atoms with Crippen molar-refractivity contribution in [1.29, 1.82) is 0 Å². The minimum Gasteiger partial charge on any atom is -0.393 e. The Hall–Kier alpha value is -0.720. The van der Waals surface area contributed by atoms with Crippen LogP contribution in [-0.4, -0.2) is 38.6 Å². The summed E-state index contributed by atoms with van der Waals surface area (Å²) in [6.07, 6.45) is 7.76. The average Bonchev–Trinajstić information content (AvgIpc) is 3.40. The van der Waals surface area contributed by atoms with Gasteiger partial charge >= 0.3 is 0 Å². The summed E-state index contributed by atoms with van der Waals surface area (Å²) in [6, 6.07) is 5.92. The highest BCUT2D eigenvalue weighted by Crippen LogP contribution is 2.68. The van der Waals surface area contributed by atoms with E-state index in [1.54, 1.807) is 11.3 Å². The predicted octanol–water partition coefficient (Wildman–Crippen LogP) is 6.48. The molecule has 3 N–H and O–H groups in total. The molecule has 4 fully saturated rings. The first-order valence-corrected chi connectivity index (χ1v) is 15.4. The number of thiazole rings is 1. The van der Waals surface area contributed by atoms with Crippen molar-refractivity contribution in [2.75, 3.05) is 0 Å². The number of halogens is 1. The van der Waals surface area contributed by atoms with Crippen LogP contribution in [0.25, 0.3) is 10.2 Å². The van der Waals surface area contributed by atoms with E-state index in [0.717, 1.165) is 73.0 Å². The Balaban J connectivity index is 1.20. The van der Waals surface area contributed by atoms with Crippen LogP contribution in [0, 0.1) is 46.3 Å². The quantitative estimate of drug-likeness (QED) is 0.422. The molecule has 11 atom stereocenters. The molecule has 0 aliphatic heterocycles. The summed E-state index contributed by atoms with van der Waals surface area (Å²) < 4.78 is 1.15. The van der Waals surface area contributed by atoms with Crippen molar-refractivity contribution in [2.24, 2.45) is 46.3 Å². The number of fused-ring (bicyclic) bond motifs is 6. The normalized spacial score (nSPS) is 45.2. The molecule has 6 rings (SSSR count). The number of hydrogen-bond acceptors (Lipinski definition) is 5. The van der Waals surface area contributed by atoms with E-state index in [-0.39, 0.29) is 35.1 Å². The summed E-state index contributed by atoms with van der Waals surface area (Å²) in [7, 11) is 0. The van der Waals surface area contributed by atoms with Crippen LogP contribution in [-0.2, 0) is 6.42 Å². The van der Waals surface area contributed by atoms with Gasteiger partial charge in [0.1, 0.15) is 0 Å². The maximum atomic E-state index is 11.8. The Morgan fingerprint density at radius 3 is 2.69 bits per heavy atom. The van der Waals surface area contributed by atoms with Gasteiger partial charge in [-0.05, 0) is 122 Å². The first-order chi connectivity index (χ1) is 17.1. The molecule has 0 radical (unpaired) electrons. The molecule has 36 heavy (non-hydrogen) atoms. The Morgan fingerprint density at radius 1 is 1.08 bits per heavy atom. The molecular weight excluding hydrogens is 490 g/mol. The second-order valence-electron chi connectivity index (χ2n) is 13.3. The van der Waals surface area contributed by atoms with Crippen molar-refractivity contribution in [3.05, 3.63) is 28.2 Å². The highest BCUT2D eigenvalue weighted by Gasteiger charge is 2.65. The molecule has 0 bridgehead atoms. The number of aliphatic hydroxyl groups excluding tert-OH is 3. The number of rotatable bonds is 4. The highest BCUT2D eigenvalue weighted by molar-refractivity contribution is 7.18. The van der Waals surface area contributed by atoms with E-state index in [0.29, 0.717) is 29.6 Å². The second-order valence-corrected chi connectivity index (χ2v) is 14.8. The zero-order valence-electron chi connectivity index (χ0n) is 21.9. The Morgan fingerprint density at radius 2 is 1.89 bits per heavy atom. The predicted molar refractivity (Wildman–Crippen MR) is 146 cm³/mol. The lowest BCUT2D eigenvalue weighted by atomic mass is 9.43. The standard InChI is InChI=1S/C30H42ClNO3S/c1-16(4-9-27-32-23-8-5-18(31)14-25(23)36-27)20-6-7-21-28-22(15-26(35)30(20,21)3)29(2)11-10-19(33)12-17(29)13-24(28)34/h5,8,14,16-17,19-22,24,26,28,33-35H,4,6-7,9-13,15H2,1-3H3/t16?,17-,19+,20+,21-,22-,24+,26-,28-,29-,30+/m0/s1. The molecular formula is C30H42ClNO3S. The molecule has 1 unspecified atom stereocenters. The molecule has 4 aliphatic rings. The van der Waals surface area contributed by atoms with Crippen LogP contribution < -0.4 is 0 Å². The van der Waals surface area contributed by atoms with Crippen LogP contribution in [0.1, 0.15) is 77.1 Å². The Labute approximate surface area is 224 Å². The molecule has 0 saturated heterocycles. The number of aromatic nitrogens is 1. The summed E-state index contributed by atoms with van der Waals surface area (Å²) in [5, 5.41) is 35.5. The van der Waals surface area contributed by atoms with Crippen LogP contribution in [0.4, 0.5) is 0 Å². The van der Waals surface area contributed by atoms with Crippen molar-refractivity contribution in [3.8, 4) is 0 Å². The lowest BCUT2D eigenvalue weighted by Crippen LogP contribution is -2.62. The van der Waals surface area contributed by atoms with Gasteiger partial charge in [-0.3, -0.25) is 0 Å². The van der Waals surface area contributed by atoms with Crippen molar-refractivity contribution in [3.63, 3.8) is 0 Å². The van der Waals surface area contributed by atoms with Crippen molar-refractivity contribution in [1.82, 2.24) is 4.98 Å². The molecule has 2 aromatic rings. The van der Waals surface area contributed by atoms with E-state index in [1.165, 1.54) is 5.01 Å². The highest BCUT2D eigenvalue weighted by atomic mass is 35.5. The van der Waals surface area contributed by atoms with Gasteiger partial charge < -0.3 is 15.3 Å². The SMILES string of the molecule is CC(CCc1nc2ccc(Cl)cc2s1)[C@H]1CC[C@H]2[C@@H]3[C@H](O)C[C@@H]4C[C@H](O)CC[C@]4(C)[C@H]3C[C@H](O)[C@]12C. The van der Waals surface area contributed by atoms with Gasteiger partial charge in [0, 0.05) is 5.02 Å². The van der Waals surface area contributed by atoms with E-state index in [9.17, 15) is 15.3 Å². The average molecular weight is 532 g/mol. The third kappa shape index (κ3) is 3.90. The minimum atomic E-state index is -0.321. The van der Waals surface area contributed by atoms with E-state index < -0.39 is 0 Å². The van der Waals surface area contributed by atoms with Crippen LogP contribution in [0.15, 0.2) is 18.2 Å². The van der Waals surface area contributed by atoms with E-state index >= 15 is 0 Å². The number of aliphatic hydroxyl groups is 3. The summed E-state index contributed by atoms with van der Waals surface area (Å²) in [4.78, 5) is 4.84. The first-order valence-electron chi connectivity index (χ1n) is 14.2. The zero-order valence-corrected chi connectivity index (χ0v) is 23.4. The largest absolute Gasteiger partial charge is 0.393 e. The number of aryl methyl sites for hydroxylation is 1. The fraction of sp³-hybridized carbons (Fsp3) is 0.767. The maximum absolute atomic E-state index is 11.8. The van der Waals surface area contributed by atoms with E-state index in [2.05, 4.69) is 20.8 Å². The van der Waals surface area contributed by atoms with Gasteiger partial charge in [0.15, 0.2) is 0 Å². The van der Waals surface area contributed by atoms with Gasteiger partial charge in [-0.15, -0.1) is 11.3 Å². The molecule has 0 amide bonds. The van der Waals surface area contributed by atoms with Crippen molar-refractivity contribution >= 4 is 33.2 Å². The second kappa shape index (κ2) is 9.19. The maximum Gasteiger partial charge on any atom is 0.0938 e. The van der Waals surface area contributed by atoms with Crippen molar-refractivity contribution < 1.29 is 15.3 Å². The molecule has 198 valence electrons. The van der Waals surface area contributed by atoms with Crippen LogP contribution >= 0.6 is 22.9 Å². The van der Waals surface area contributed by atoms with Gasteiger partial charge in [0.25, 0.3) is 0 Å². The van der Waals surface area contributed by atoms with E-state index in [4.69, 9.17) is 16.6 Å². The fourth-order valence-electron chi connectivity index (χ4n) is 9.74. The molecule has 4 nitrogen and oxygen atoms in total. The van der Waals surface area contributed by atoms with Crippen molar-refractivity contribution in [2.45, 2.75) is 96.9 Å². The fourth-order valence-corrected chi connectivity index (χ4v) is 11.0. The topological polar surface area (TPSA) is 73.6 Å². The first kappa shape index (κ1) is 25.6. The van der Waals surface area contributed by atoms with Gasteiger partial charge in [-0.1, -0.05) is 32.4 Å². The van der Waals surface area contributed by atoms with Gasteiger partial charge in [-0.25, -0.2) is 4.98 Å². The smallest absolute Gasteiger partial charge is 0.0938 e. The van der Waals surface area contributed by atoms with Crippen LogP contribution in [0.3, 0.4) is 0 Å². The monoisotopic (exact) mass is 531 g/mol. The summed E-state index contributed by atoms with van der Waals surface area (Å²) >= 11 is 7.92. The molecule has 6 heteroatoms. The van der Waals surface area contributed by atoms with Gasteiger partial charge in [0.05, 0.1) is 33.5 Å². The van der Waals surface area contributed by atoms with Gasteiger partial charge in [0.2, 0.25) is 0 Å². The zero-order chi connectivity index (χ0) is 25.4. The minimum absolute atomic E-state index is 0.130. The lowest BCUT2D eigenvalue weighted by Gasteiger charge is -2.63. The summed E-state index contributed by atoms with van der Waals surface area (Å²) in [6.45, 7) is 7.12. The molecule has 4 aliphatic carbocycles. The van der Waals surface area contributed by atoms with Crippen LogP contribution in [0.5, 0.6) is 0 Å². The molecule has 4 saturated carbocycles. The molecule has 1 aromatic heterocycles. The Kier molecular flexibility index (Phi) is 6.52. The molecule has 1 heterocycles. The lowest BCUT2D eigenvalue weighted by molar-refractivity contribution is -0.207. The van der Waals surface area contributed by atoms with Gasteiger partial charge in [-0.2, -0.15) is 0 Å². The third-order valence-electron chi connectivity index (χ3n) is 11.7. The van der Waals surface area contributed by atoms with Crippen LogP contribution in [0.2, 0.25) is 5.02 Å². The number of hydrogen-bond donors (Lipinski definition) is 3. The molecule has 1 aromatic carbocycles. The number of benzene rings is 1. The van der Waals surface area contributed by atoms with E-state index in [1.807, 2.05) is 18.2 Å². The Bertz CT molecular complexity index is 1120. The summed E-state index contributed by atoms with van der Waals surface area (Å²) in [5.74, 6) is 2.34. The summed E-state index contributed by atoms with van der Waals surface area (Å²) in [5.41, 5.74) is 1.02. The third-order valence-corrected chi connectivity index (χ3v) is 13.0. The molecule has 0 spiro atoms. The number of nitrogens with zero attached hydrogens (tertiary/aromatic N) is 1.